The molecule has 0 spiro atoms. The summed E-state index contributed by atoms with van der Waals surface area (Å²) in [6, 6.07) is 3.44. The maximum absolute atomic E-state index is 12.5. The van der Waals surface area contributed by atoms with Gasteiger partial charge >= 0.3 is 0 Å². The average Bonchev–Trinajstić information content (AvgIpc) is 2.54. The van der Waals surface area contributed by atoms with Gasteiger partial charge in [-0.1, -0.05) is 20.8 Å². The number of carbonyl (C=O) groups excluding carboxylic acids is 1. The lowest BCUT2D eigenvalue weighted by Crippen LogP contribution is -2.51. The Bertz CT molecular complexity index is 517. The van der Waals surface area contributed by atoms with Crippen molar-refractivity contribution in [2.24, 2.45) is 5.41 Å². The molecule has 0 saturated carbocycles. The van der Waals surface area contributed by atoms with E-state index in [1.165, 1.54) is 0 Å². The zero-order chi connectivity index (χ0) is 17.0. The fourth-order valence-corrected chi connectivity index (χ4v) is 2.46. The van der Waals surface area contributed by atoms with Crippen molar-refractivity contribution in [3.63, 3.8) is 0 Å². The van der Waals surface area contributed by atoms with Crippen LogP contribution in [0, 0.1) is 5.41 Å². The second-order valence-corrected chi connectivity index (χ2v) is 7.06. The summed E-state index contributed by atoms with van der Waals surface area (Å²) in [7, 11) is 1.55. The second kappa shape index (κ2) is 7.27. The molecule has 0 bridgehead atoms. The molecule has 1 aliphatic rings. The van der Waals surface area contributed by atoms with Gasteiger partial charge in [0, 0.05) is 45.0 Å². The third kappa shape index (κ3) is 4.65. The molecule has 6 heteroatoms. The van der Waals surface area contributed by atoms with Crippen LogP contribution in [0.2, 0.25) is 0 Å². The first-order chi connectivity index (χ1) is 10.8. The maximum Gasteiger partial charge on any atom is 0.255 e. The van der Waals surface area contributed by atoms with Gasteiger partial charge in [0.15, 0.2) is 0 Å². The highest BCUT2D eigenvalue weighted by Gasteiger charge is 2.27. The number of pyridine rings is 1. The first-order valence-corrected chi connectivity index (χ1v) is 8.01. The molecule has 0 aromatic carbocycles. The number of piperazine rings is 1. The van der Waals surface area contributed by atoms with E-state index in [4.69, 9.17) is 4.74 Å². The Labute approximate surface area is 138 Å². The molecule has 1 saturated heterocycles. The van der Waals surface area contributed by atoms with E-state index in [1.807, 2.05) is 25.7 Å². The monoisotopic (exact) mass is 321 g/mol. The van der Waals surface area contributed by atoms with Gasteiger partial charge in [-0.05, 0) is 11.5 Å². The van der Waals surface area contributed by atoms with Gasteiger partial charge in [-0.2, -0.15) is 0 Å². The topological polar surface area (TPSA) is 65.9 Å². The minimum Gasteiger partial charge on any atom is -0.481 e. The van der Waals surface area contributed by atoms with E-state index in [0.717, 1.165) is 13.1 Å². The minimum atomic E-state index is -0.365. The number of hydrogen-bond acceptors (Lipinski definition) is 5. The maximum atomic E-state index is 12.5. The minimum absolute atomic E-state index is 0.00354. The zero-order valence-electron chi connectivity index (χ0n) is 14.5. The molecule has 1 aromatic heterocycles. The smallest absolute Gasteiger partial charge is 0.255 e. The summed E-state index contributed by atoms with van der Waals surface area (Å²) in [5.74, 6) is 0.499. The van der Waals surface area contributed by atoms with Crippen molar-refractivity contribution in [1.82, 2.24) is 14.8 Å². The molecule has 2 rings (SSSR count). The number of aromatic nitrogens is 1. The summed E-state index contributed by atoms with van der Waals surface area (Å²) in [6.45, 7) is 9.65. The third-order valence-corrected chi connectivity index (χ3v) is 4.28. The number of aliphatic hydroxyl groups excluding tert-OH is 1. The summed E-state index contributed by atoms with van der Waals surface area (Å²) in [6.07, 6.45) is 1.19. The molecule has 1 atom stereocenters. The van der Waals surface area contributed by atoms with Crippen molar-refractivity contribution in [1.29, 1.82) is 0 Å². The van der Waals surface area contributed by atoms with Gasteiger partial charge in [0.05, 0.1) is 18.8 Å². The van der Waals surface area contributed by atoms with Crippen LogP contribution in [0.3, 0.4) is 0 Å². The quantitative estimate of drug-likeness (QED) is 0.904. The number of nitrogens with zero attached hydrogens (tertiary/aromatic N) is 3. The number of hydrogen-bond donors (Lipinski definition) is 1. The van der Waals surface area contributed by atoms with Crippen molar-refractivity contribution in [3.8, 4) is 5.88 Å². The average molecular weight is 321 g/mol. The second-order valence-electron chi connectivity index (χ2n) is 7.06. The summed E-state index contributed by atoms with van der Waals surface area (Å²) in [5, 5.41) is 10.2. The van der Waals surface area contributed by atoms with Gasteiger partial charge in [-0.15, -0.1) is 0 Å². The Hall–Kier alpha value is -1.66. The van der Waals surface area contributed by atoms with Crippen molar-refractivity contribution in [2.45, 2.75) is 26.9 Å². The van der Waals surface area contributed by atoms with E-state index in [9.17, 15) is 9.90 Å². The largest absolute Gasteiger partial charge is 0.481 e. The van der Waals surface area contributed by atoms with Gasteiger partial charge in [-0.25, -0.2) is 4.98 Å². The van der Waals surface area contributed by atoms with Gasteiger partial charge in [0.2, 0.25) is 5.88 Å². The van der Waals surface area contributed by atoms with Crippen LogP contribution in [-0.2, 0) is 0 Å². The molecular weight excluding hydrogens is 294 g/mol. The van der Waals surface area contributed by atoms with E-state index >= 15 is 0 Å². The molecular formula is C17H27N3O3. The van der Waals surface area contributed by atoms with Crippen molar-refractivity contribution in [2.75, 3.05) is 39.8 Å². The van der Waals surface area contributed by atoms with Gasteiger partial charge in [0.1, 0.15) is 0 Å². The molecule has 1 N–H and O–H groups in total. The van der Waals surface area contributed by atoms with Crippen LogP contribution in [0.1, 0.15) is 31.1 Å². The van der Waals surface area contributed by atoms with E-state index in [0.29, 0.717) is 31.1 Å². The highest BCUT2D eigenvalue weighted by atomic mass is 16.5. The van der Waals surface area contributed by atoms with Crippen molar-refractivity contribution >= 4 is 5.91 Å². The summed E-state index contributed by atoms with van der Waals surface area (Å²) < 4.78 is 5.01. The lowest BCUT2D eigenvalue weighted by molar-refractivity contribution is 0.0137. The molecule has 1 aromatic rings. The number of amides is 1. The normalized spacial score (nSPS) is 17.9. The van der Waals surface area contributed by atoms with Crippen LogP contribution >= 0.6 is 0 Å². The van der Waals surface area contributed by atoms with Crippen molar-refractivity contribution in [3.05, 3.63) is 23.9 Å². The van der Waals surface area contributed by atoms with E-state index in [1.54, 1.807) is 25.4 Å². The molecule has 128 valence electrons. The Kier molecular flexibility index (Phi) is 5.59. The van der Waals surface area contributed by atoms with Crippen molar-refractivity contribution < 1.29 is 14.6 Å². The van der Waals surface area contributed by atoms with Gasteiger partial charge in [0.25, 0.3) is 5.91 Å². The van der Waals surface area contributed by atoms with E-state index < -0.39 is 0 Å². The Morgan fingerprint density at radius 2 is 1.96 bits per heavy atom. The summed E-state index contributed by atoms with van der Waals surface area (Å²) in [5.41, 5.74) is 0.454. The predicted molar refractivity (Wildman–Crippen MR) is 88.6 cm³/mol. The molecule has 0 unspecified atom stereocenters. The number of aliphatic hydroxyl groups is 1. The van der Waals surface area contributed by atoms with Crippen LogP contribution in [0.15, 0.2) is 18.3 Å². The van der Waals surface area contributed by atoms with Crippen LogP contribution in [0.4, 0.5) is 0 Å². The molecule has 0 radical (unpaired) electrons. The molecule has 1 fully saturated rings. The summed E-state index contributed by atoms with van der Waals surface area (Å²) >= 11 is 0. The van der Waals surface area contributed by atoms with Crippen LogP contribution in [0.5, 0.6) is 5.88 Å². The zero-order valence-corrected chi connectivity index (χ0v) is 14.5. The third-order valence-electron chi connectivity index (χ3n) is 4.28. The molecule has 1 aliphatic heterocycles. The molecule has 23 heavy (non-hydrogen) atoms. The number of ether oxygens (including phenoxy) is 1. The predicted octanol–water partition coefficient (Wildman–Crippen LogP) is 1.25. The number of methoxy groups -OCH3 is 1. The standard InChI is InChI=1S/C17H27N3O3/c1-17(2,3)14(21)12-19-7-9-20(10-8-19)16(22)13-5-6-15(23-4)18-11-13/h5-6,11,14,21H,7-10,12H2,1-4H3/t14-/m0/s1. The lowest BCUT2D eigenvalue weighted by Gasteiger charge is -2.38. The number of carbonyl (C=O) groups is 1. The van der Waals surface area contributed by atoms with Crippen LogP contribution in [-0.4, -0.2) is 71.7 Å². The Morgan fingerprint density at radius 3 is 2.43 bits per heavy atom. The SMILES string of the molecule is COc1ccc(C(=O)N2CCN(C[C@H](O)C(C)(C)C)CC2)cn1. The van der Waals surface area contributed by atoms with Gasteiger partial charge in [-0.3, -0.25) is 9.69 Å². The Balaban J connectivity index is 1.87. The highest BCUT2D eigenvalue weighted by Crippen LogP contribution is 2.20. The molecule has 0 aliphatic carbocycles. The summed E-state index contributed by atoms with van der Waals surface area (Å²) in [4.78, 5) is 20.6. The number of β-amino-alcohol motifs (C(OH)–C–C–N with tert-alkyl or cyclic N) is 1. The first-order valence-electron chi connectivity index (χ1n) is 8.01. The van der Waals surface area contributed by atoms with E-state index in [2.05, 4.69) is 9.88 Å². The van der Waals surface area contributed by atoms with E-state index in [-0.39, 0.29) is 17.4 Å². The van der Waals surface area contributed by atoms with Gasteiger partial charge < -0.3 is 14.7 Å². The fraction of sp³-hybridized carbons (Fsp3) is 0.647. The molecule has 1 amide bonds. The number of rotatable bonds is 4. The highest BCUT2D eigenvalue weighted by molar-refractivity contribution is 5.94. The van der Waals surface area contributed by atoms with Crippen LogP contribution < -0.4 is 4.74 Å². The lowest BCUT2D eigenvalue weighted by atomic mass is 9.89. The first kappa shape index (κ1) is 17.7. The molecule has 6 nitrogen and oxygen atoms in total. The van der Waals surface area contributed by atoms with Crippen LogP contribution in [0.25, 0.3) is 0 Å². The molecule has 2 heterocycles. The Morgan fingerprint density at radius 1 is 1.30 bits per heavy atom. The fourth-order valence-electron chi connectivity index (χ4n) is 2.46.